The Morgan fingerprint density at radius 2 is 2.27 bits per heavy atom. The average Bonchev–Trinajstić information content (AvgIpc) is 2.31. The molecule has 1 heterocycles. The number of hydrogen-bond donors (Lipinski definition) is 1. The zero-order chi connectivity index (χ0) is 7.84. The van der Waals surface area contributed by atoms with E-state index in [1.54, 1.807) is 18.2 Å². The molecular formula is C7H5ClN2O. The lowest BCUT2D eigenvalue weighted by Gasteiger charge is -1.89. The first-order valence-electron chi connectivity index (χ1n) is 3.08. The number of oxazole rings is 1. The Balaban J connectivity index is 2.90. The third-order valence-corrected chi connectivity index (χ3v) is 1.59. The van der Waals surface area contributed by atoms with E-state index in [0.717, 1.165) is 0 Å². The minimum absolute atomic E-state index is 0.123. The predicted molar refractivity (Wildman–Crippen MR) is 43.4 cm³/mol. The minimum Gasteiger partial charge on any atom is -0.427 e. The molecule has 2 aromatic rings. The van der Waals surface area contributed by atoms with Crippen LogP contribution in [0.1, 0.15) is 0 Å². The second-order valence-electron chi connectivity index (χ2n) is 2.16. The van der Waals surface area contributed by atoms with Crippen molar-refractivity contribution in [3.8, 4) is 0 Å². The maximum absolute atomic E-state index is 5.59. The molecule has 56 valence electrons. The molecule has 0 fully saturated rings. The van der Waals surface area contributed by atoms with Crippen LogP contribution in [0.4, 0.5) is 5.69 Å². The van der Waals surface area contributed by atoms with Crippen molar-refractivity contribution < 1.29 is 4.42 Å². The average molecular weight is 169 g/mol. The van der Waals surface area contributed by atoms with Gasteiger partial charge in [-0.05, 0) is 23.7 Å². The van der Waals surface area contributed by atoms with Crippen LogP contribution < -0.4 is 5.73 Å². The number of para-hydroxylation sites is 1. The lowest BCUT2D eigenvalue weighted by molar-refractivity contribution is 0.604. The fraction of sp³-hybridized carbons (Fsp3) is 0. The van der Waals surface area contributed by atoms with Crippen molar-refractivity contribution in [3.63, 3.8) is 0 Å². The molecule has 0 atom stereocenters. The molecule has 0 saturated heterocycles. The minimum atomic E-state index is 0.123. The van der Waals surface area contributed by atoms with E-state index in [9.17, 15) is 0 Å². The van der Waals surface area contributed by atoms with Crippen molar-refractivity contribution in [1.82, 2.24) is 4.98 Å². The molecule has 0 saturated carbocycles. The van der Waals surface area contributed by atoms with Crippen LogP contribution in [-0.4, -0.2) is 4.98 Å². The van der Waals surface area contributed by atoms with Gasteiger partial charge >= 0.3 is 0 Å². The van der Waals surface area contributed by atoms with Gasteiger partial charge in [0.25, 0.3) is 5.35 Å². The number of benzene rings is 1. The van der Waals surface area contributed by atoms with Gasteiger partial charge in [-0.3, -0.25) is 0 Å². The Labute approximate surface area is 67.8 Å². The second-order valence-corrected chi connectivity index (χ2v) is 2.48. The van der Waals surface area contributed by atoms with Gasteiger partial charge in [-0.1, -0.05) is 6.07 Å². The molecule has 0 aliphatic carbocycles. The fourth-order valence-corrected chi connectivity index (χ4v) is 1.11. The largest absolute Gasteiger partial charge is 0.427 e. The van der Waals surface area contributed by atoms with Crippen LogP contribution in [0.25, 0.3) is 11.1 Å². The standard InChI is InChI=1S/C7H5ClN2O/c8-7-10-6-4(9)2-1-3-5(6)11-7/h1-3H,9H2. The van der Waals surface area contributed by atoms with E-state index in [4.69, 9.17) is 21.8 Å². The zero-order valence-corrected chi connectivity index (χ0v) is 6.30. The molecular weight excluding hydrogens is 164 g/mol. The Morgan fingerprint density at radius 1 is 1.45 bits per heavy atom. The van der Waals surface area contributed by atoms with Crippen LogP contribution in [-0.2, 0) is 0 Å². The summed E-state index contributed by atoms with van der Waals surface area (Å²) in [4.78, 5) is 3.89. The summed E-state index contributed by atoms with van der Waals surface area (Å²) >= 11 is 5.52. The number of hydrogen-bond acceptors (Lipinski definition) is 3. The van der Waals surface area contributed by atoms with Gasteiger partial charge in [-0.15, -0.1) is 0 Å². The lowest BCUT2D eigenvalue weighted by Crippen LogP contribution is -1.84. The first-order chi connectivity index (χ1) is 5.27. The molecule has 0 aliphatic rings. The van der Waals surface area contributed by atoms with Gasteiger partial charge in [-0.25, -0.2) is 0 Å². The summed E-state index contributed by atoms with van der Waals surface area (Å²) in [7, 11) is 0. The number of aromatic nitrogens is 1. The highest BCUT2D eigenvalue weighted by Crippen LogP contribution is 2.22. The third kappa shape index (κ3) is 0.935. The van der Waals surface area contributed by atoms with E-state index >= 15 is 0 Å². The molecule has 0 aliphatic heterocycles. The Kier molecular flexibility index (Phi) is 1.26. The highest BCUT2D eigenvalue weighted by atomic mass is 35.5. The summed E-state index contributed by atoms with van der Waals surface area (Å²) in [6.07, 6.45) is 0. The van der Waals surface area contributed by atoms with E-state index in [0.29, 0.717) is 16.8 Å². The Hall–Kier alpha value is -1.22. The summed E-state index contributed by atoms with van der Waals surface area (Å²) in [6.45, 7) is 0. The summed E-state index contributed by atoms with van der Waals surface area (Å²) in [5.74, 6) is 0. The smallest absolute Gasteiger partial charge is 0.293 e. The quantitative estimate of drug-likeness (QED) is 0.613. The predicted octanol–water partition coefficient (Wildman–Crippen LogP) is 2.06. The van der Waals surface area contributed by atoms with Gasteiger partial charge in [0.1, 0.15) is 5.52 Å². The van der Waals surface area contributed by atoms with Gasteiger partial charge in [0.05, 0.1) is 5.69 Å². The van der Waals surface area contributed by atoms with Gasteiger partial charge in [0.15, 0.2) is 5.58 Å². The zero-order valence-electron chi connectivity index (χ0n) is 5.54. The monoisotopic (exact) mass is 168 g/mol. The van der Waals surface area contributed by atoms with Crippen LogP contribution in [0.3, 0.4) is 0 Å². The fourth-order valence-electron chi connectivity index (χ4n) is 0.943. The van der Waals surface area contributed by atoms with Crippen molar-refractivity contribution in [3.05, 3.63) is 23.5 Å². The topological polar surface area (TPSA) is 52.0 Å². The maximum Gasteiger partial charge on any atom is 0.293 e. The summed E-state index contributed by atoms with van der Waals surface area (Å²) in [5.41, 5.74) is 7.41. The Bertz CT molecular complexity index is 396. The van der Waals surface area contributed by atoms with E-state index in [1.807, 2.05) is 0 Å². The molecule has 0 radical (unpaired) electrons. The molecule has 0 bridgehead atoms. The van der Waals surface area contributed by atoms with Gasteiger partial charge < -0.3 is 10.2 Å². The highest BCUT2D eigenvalue weighted by Gasteiger charge is 2.04. The van der Waals surface area contributed by atoms with Crippen LogP contribution in [0.2, 0.25) is 5.35 Å². The van der Waals surface area contributed by atoms with Crippen molar-refractivity contribution in [2.75, 3.05) is 5.73 Å². The normalized spacial score (nSPS) is 10.6. The molecule has 1 aromatic carbocycles. The first-order valence-corrected chi connectivity index (χ1v) is 3.46. The van der Waals surface area contributed by atoms with E-state index in [2.05, 4.69) is 4.98 Å². The van der Waals surface area contributed by atoms with E-state index in [-0.39, 0.29) is 5.35 Å². The van der Waals surface area contributed by atoms with Gasteiger partial charge in [-0.2, -0.15) is 4.98 Å². The molecule has 4 heteroatoms. The van der Waals surface area contributed by atoms with Crippen molar-refractivity contribution in [2.45, 2.75) is 0 Å². The first kappa shape index (κ1) is 6.49. The van der Waals surface area contributed by atoms with Crippen molar-refractivity contribution in [2.24, 2.45) is 0 Å². The van der Waals surface area contributed by atoms with E-state index in [1.165, 1.54) is 0 Å². The number of nitrogens with two attached hydrogens (primary N) is 1. The molecule has 3 nitrogen and oxygen atoms in total. The van der Waals surface area contributed by atoms with Crippen LogP contribution in [0.5, 0.6) is 0 Å². The molecule has 2 N–H and O–H groups in total. The summed E-state index contributed by atoms with van der Waals surface area (Å²) in [6, 6.07) is 5.31. The molecule has 2 rings (SSSR count). The number of rotatable bonds is 0. The van der Waals surface area contributed by atoms with Crippen LogP contribution in [0, 0.1) is 0 Å². The number of fused-ring (bicyclic) bond motifs is 1. The third-order valence-electron chi connectivity index (χ3n) is 1.42. The van der Waals surface area contributed by atoms with Crippen molar-refractivity contribution in [1.29, 1.82) is 0 Å². The number of nitrogen functional groups attached to an aromatic ring is 1. The number of halogens is 1. The van der Waals surface area contributed by atoms with Gasteiger partial charge in [0, 0.05) is 0 Å². The Morgan fingerprint density at radius 3 is 3.00 bits per heavy atom. The van der Waals surface area contributed by atoms with Crippen molar-refractivity contribution >= 4 is 28.4 Å². The molecule has 11 heavy (non-hydrogen) atoms. The maximum atomic E-state index is 5.59. The second kappa shape index (κ2) is 2.13. The number of nitrogens with zero attached hydrogens (tertiary/aromatic N) is 1. The molecule has 0 spiro atoms. The van der Waals surface area contributed by atoms with Crippen LogP contribution in [0.15, 0.2) is 22.6 Å². The van der Waals surface area contributed by atoms with Gasteiger partial charge in [0.2, 0.25) is 0 Å². The lowest BCUT2D eigenvalue weighted by atomic mass is 10.3. The van der Waals surface area contributed by atoms with E-state index < -0.39 is 0 Å². The summed E-state index contributed by atoms with van der Waals surface area (Å²) < 4.78 is 5.02. The molecule has 0 unspecified atom stereocenters. The molecule has 0 amide bonds. The van der Waals surface area contributed by atoms with Crippen LogP contribution >= 0.6 is 11.6 Å². The number of anilines is 1. The molecule has 1 aromatic heterocycles. The highest BCUT2D eigenvalue weighted by molar-refractivity contribution is 6.28. The SMILES string of the molecule is Nc1cccc2oc(Cl)nc12. The summed E-state index contributed by atoms with van der Waals surface area (Å²) in [5, 5.41) is 0.123.